The Balaban J connectivity index is 1.37. The molecule has 2 aromatic heterocycles. The normalized spacial score (nSPS) is 17.9. The number of nitrogens with zero attached hydrogens (tertiary/aromatic N) is 4. The number of pyridine rings is 1. The van der Waals surface area contributed by atoms with Crippen molar-refractivity contribution in [3.63, 3.8) is 0 Å². The fraction of sp³-hybridized carbons (Fsp3) is 0.364. The Labute approximate surface area is 246 Å². The smallest absolute Gasteiger partial charge is 0.258 e. The predicted molar refractivity (Wildman–Crippen MR) is 163 cm³/mol. The molecular formula is C33H39N5O4. The number of aliphatic hydroxyl groups is 1. The van der Waals surface area contributed by atoms with Crippen molar-refractivity contribution in [2.24, 2.45) is 13.0 Å². The quantitative estimate of drug-likeness (QED) is 0.315. The van der Waals surface area contributed by atoms with Crippen LogP contribution in [0.15, 0.2) is 73.2 Å². The number of aliphatic hydroxyl groups excluding tert-OH is 1. The second-order valence-electron chi connectivity index (χ2n) is 11.4. The maximum atomic E-state index is 13.8. The van der Waals surface area contributed by atoms with Gasteiger partial charge in [-0.2, -0.15) is 0 Å². The van der Waals surface area contributed by atoms with Crippen molar-refractivity contribution in [3.05, 3.63) is 89.9 Å². The first-order valence-electron chi connectivity index (χ1n) is 14.4. The number of carbonyl (C=O) groups is 2. The molecule has 42 heavy (non-hydrogen) atoms. The molecule has 5 rings (SSSR count). The Hall–Kier alpha value is -4.21. The standard InChI is InChI=1S/C33H39N5O4/c1-22-17-38(23(2)21-39)33(41)28-16-26(35-32(40)15-25-19-37(4)29-8-6-5-7-27(25)29)9-10-30(28)42-31(22)20-36(3)18-24-11-13-34-14-12-24/h5-14,16,19,22-23,31,39H,15,17-18,20-21H2,1-4H3,(H,35,40)/t22-,23+,31-/m1/s1. The number of fused-ring (bicyclic) bond motifs is 2. The lowest BCUT2D eigenvalue weighted by Gasteiger charge is -2.38. The summed E-state index contributed by atoms with van der Waals surface area (Å²) in [5.41, 5.74) is 4.05. The van der Waals surface area contributed by atoms with Crippen LogP contribution in [0.25, 0.3) is 10.9 Å². The van der Waals surface area contributed by atoms with E-state index in [-0.39, 0.29) is 42.9 Å². The molecule has 0 radical (unpaired) electrons. The number of carbonyl (C=O) groups excluding carboxylic acids is 2. The third-order valence-electron chi connectivity index (χ3n) is 7.97. The van der Waals surface area contributed by atoms with Crippen LogP contribution in [0.1, 0.15) is 35.3 Å². The zero-order valence-corrected chi connectivity index (χ0v) is 24.7. The van der Waals surface area contributed by atoms with Crippen LogP contribution < -0.4 is 10.1 Å². The van der Waals surface area contributed by atoms with Crippen molar-refractivity contribution in [1.82, 2.24) is 19.4 Å². The van der Waals surface area contributed by atoms with Crippen molar-refractivity contribution >= 4 is 28.4 Å². The Bertz CT molecular complexity index is 1550. The van der Waals surface area contributed by atoms with Crippen LogP contribution in [0, 0.1) is 5.92 Å². The van der Waals surface area contributed by atoms with Crippen LogP contribution in [0.3, 0.4) is 0 Å². The third kappa shape index (κ3) is 6.48. The van der Waals surface area contributed by atoms with Crippen LogP contribution in [-0.2, 0) is 24.8 Å². The van der Waals surface area contributed by atoms with Crippen molar-refractivity contribution in [2.45, 2.75) is 39.0 Å². The summed E-state index contributed by atoms with van der Waals surface area (Å²) >= 11 is 0. The first kappa shape index (κ1) is 29.3. The molecule has 0 saturated carbocycles. The molecule has 1 aliphatic rings. The van der Waals surface area contributed by atoms with Crippen molar-refractivity contribution in [1.29, 1.82) is 0 Å². The summed E-state index contributed by atoms with van der Waals surface area (Å²) < 4.78 is 8.53. The largest absolute Gasteiger partial charge is 0.488 e. The topological polar surface area (TPSA) is 99.9 Å². The van der Waals surface area contributed by atoms with Gasteiger partial charge in [0.15, 0.2) is 0 Å². The fourth-order valence-electron chi connectivity index (χ4n) is 5.63. The second-order valence-corrected chi connectivity index (χ2v) is 11.4. The molecule has 4 aromatic rings. The summed E-state index contributed by atoms with van der Waals surface area (Å²) in [6.45, 7) is 5.57. The Morgan fingerprint density at radius 1 is 1.19 bits per heavy atom. The Morgan fingerprint density at radius 3 is 2.71 bits per heavy atom. The lowest BCUT2D eigenvalue weighted by Crippen LogP contribution is -2.49. The summed E-state index contributed by atoms with van der Waals surface area (Å²) in [6, 6.07) is 16.8. The molecule has 3 atom stereocenters. The summed E-state index contributed by atoms with van der Waals surface area (Å²) in [5, 5.41) is 14.0. The highest BCUT2D eigenvalue weighted by atomic mass is 16.5. The molecule has 0 bridgehead atoms. The van der Waals surface area contributed by atoms with Gasteiger partial charge in [0.25, 0.3) is 5.91 Å². The number of hydrogen-bond acceptors (Lipinski definition) is 6. The van der Waals surface area contributed by atoms with Gasteiger partial charge in [-0.3, -0.25) is 19.5 Å². The van der Waals surface area contributed by atoms with Gasteiger partial charge in [0.2, 0.25) is 5.91 Å². The maximum Gasteiger partial charge on any atom is 0.258 e. The van der Waals surface area contributed by atoms with E-state index in [2.05, 4.69) is 22.1 Å². The van der Waals surface area contributed by atoms with Crippen LogP contribution in [0.5, 0.6) is 5.75 Å². The van der Waals surface area contributed by atoms with Gasteiger partial charge in [0.05, 0.1) is 24.6 Å². The highest BCUT2D eigenvalue weighted by Gasteiger charge is 2.33. The van der Waals surface area contributed by atoms with Crippen molar-refractivity contribution in [3.8, 4) is 5.75 Å². The lowest BCUT2D eigenvalue weighted by atomic mass is 9.99. The average molecular weight is 570 g/mol. The molecule has 2 amide bonds. The van der Waals surface area contributed by atoms with E-state index in [9.17, 15) is 14.7 Å². The molecule has 2 aromatic carbocycles. The summed E-state index contributed by atoms with van der Waals surface area (Å²) in [4.78, 5) is 34.9. The molecule has 2 N–H and O–H groups in total. The first-order chi connectivity index (χ1) is 20.2. The number of likely N-dealkylation sites (N-methyl/N-ethyl adjacent to an activating group) is 1. The van der Waals surface area contributed by atoms with Crippen LogP contribution in [0.2, 0.25) is 0 Å². The molecule has 0 aliphatic carbocycles. The van der Waals surface area contributed by atoms with Gasteiger partial charge < -0.3 is 24.6 Å². The maximum absolute atomic E-state index is 13.8. The first-order valence-corrected chi connectivity index (χ1v) is 14.4. The van der Waals surface area contributed by atoms with E-state index < -0.39 is 0 Å². The average Bonchev–Trinajstić information content (AvgIpc) is 3.29. The number of anilines is 1. The number of hydrogen-bond donors (Lipinski definition) is 2. The van der Waals surface area contributed by atoms with Gasteiger partial charge in [0.1, 0.15) is 11.9 Å². The number of aryl methyl sites for hydroxylation is 1. The van der Waals surface area contributed by atoms with Crippen LogP contribution in [-0.4, -0.2) is 75.2 Å². The van der Waals surface area contributed by atoms with E-state index >= 15 is 0 Å². The number of aromatic nitrogens is 2. The van der Waals surface area contributed by atoms with Crippen molar-refractivity contribution in [2.75, 3.05) is 32.1 Å². The highest BCUT2D eigenvalue weighted by Crippen LogP contribution is 2.31. The van der Waals surface area contributed by atoms with Gasteiger partial charge in [-0.15, -0.1) is 0 Å². The van der Waals surface area contributed by atoms with Gasteiger partial charge >= 0.3 is 0 Å². The number of ether oxygens (including phenoxy) is 1. The molecule has 0 fully saturated rings. The summed E-state index contributed by atoms with van der Waals surface area (Å²) in [5.74, 6) is 0.0783. The second kappa shape index (κ2) is 12.8. The van der Waals surface area contributed by atoms with E-state index in [1.807, 2.05) is 68.2 Å². The van der Waals surface area contributed by atoms with Gasteiger partial charge in [-0.25, -0.2) is 0 Å². The molecule has 9 nitrogen and oxygen atoms in total. The van der Waals surface area contributed by atoms with E-state index in [1.54, 1.807) is 35.5 Å². The molecule has 220 valence electrons. The molecule has 0 spiro atoms. The molecule has 9 heteroatoms. The molecule has 1 aliphatic heterocycles. The minimum Gasteiger partial charge on any atom is -0.488 e. The predicted octanol–water partition coefficient (Wildman–Crippen LogP) is 4.11. The zero-order valence-electron chi connectivity index (χ0n) is 24.7. The zero-order chi connectivity index (χ0) is 29.8. The van der Waals surface area contributed by atoms with Gasteiger partial charge in [-0.05, 0) is 61.5 Å². The highest BCUT2D eigenvalue weighted by molar-refractivity contribution is 6.00. The van der Waals surface area contributed by atoms with Crippen molar-refractivity contribution < 1.29 is 19.4 Å². The summed E-state index contributed by atoms with van der Waals surface area (Å²) in [6.07, 6.45) is 5.55. The van der Waals surface area contributed by atoms with E-state index in [1.165, 1.54) is 0 Å². The van der Waals surface area contributed by atoms with Gasteiger partial charge in [-0.1, -0.05) is 25.1 Å². The van der Waals surface area contributed by atoms with Crippen LogP contribution >= 0.6 is 0 Å². The number of amides is 2. The Kier molecular flexibility index (Phi) is 8.89. The minimum atomic E-state index is -0.370. The van der Waals surface area contributed by atoms with Gasteiger partial charge in [0, 0.05) is 67.8 Å². The lowest BCUT2D eigenvalue weighted by molar-refractivity contribution is -0.115. The third-order valence-corrected chi connectivity index (χ3v) is 7.97. The molecule has 0 saturated heterocycles. The minimum absolute atomic E-state index is 0.0102. The van der Waals surface area contributed by atoms with E-state index in [0.29, 0.717) is 30.1 Å². The number of benzene rings is 2. The Morgan fingerprint density at radius 2 is 1.95 bits per heavy atom. The van der Waals surface area contributed by atoms with Crippen LogP contribution in [0.4, 0.5) is 5.69 Å². The number of rotatable bonds is 9. The molecule has 3 heterocycles. The number of para-hydroxylation sites is 1. The number of nitrogens with one attached hydrogen (secondary N) is 1. The molecular weight excluding hydrogens is 530 g/mol. The van der Waals surface area contributed by atoms with E-state index in [4.69, 9.17) is 4.74 Å². The summed E-state index contributed by atoms with van der Waals surface area (Å²) in [7, 11) is 4.01. The van der Waals surface area contributed by atoms with E-state index in [0.717, 1.165) is 28.6 Å². The molecule has 0 unspecified atom stereocenters. The monoisotopic (exact) mass is 569 g/mol. The SMILES string of the molecule is C[C@@H]1CN([C@@H](C)CO)C(=O)c2cc(NC(=O)Cc3cn(C)c4ccccc34)ccc2O[C@@H]1CN(C)Cc1ccncc1. The fourth-order valence-corrected chi connectivity index (χ4v) is 5.63.